The molecule has 2 heteroatoms. The van der Waals surface area contributed by atoms with Crippen molar-refractivity contribution in [2.24, 2.45) is 11.8 Å². The SMILES string of the molecule is CCCCC(=O)OC(C)(C1CCCCC1)C1CCCCC1. The van der Waals surface area contributed by atoms with Gasteiger partial charge in [-0.3, -0.25) is 4.79 Å². The van der Waals surface area contributed by atoms with Crippen molar-refractivity contribution in [2.45, 2.75) is 103 Å². The summed E-state index contributed by atoms with van der Waals surface area (Å²) in [5.41, 5.74) is -0.189. The Morgan fingerprint density at radius 1 is 0.952 bits per heavy atom. The summed E-state index contributed by atoms with van der Waals surface area (Å²) < 4.78 is 6.18. The molecule has 0 amide bonds. The molecule has 0 radical (unpaired) electrons. The summed E-state index contributed by atoms with van der Waals surface area (Å²) in [7, 11) is 0. The van der Waals surface area contributed by atoms with Crippen LogP contribution in [0.2, 0.25) is 0 Å². The highest BCUT2D eigenvalue weighted by molar-refractivity contribution is 5.69. The van der Waals surface area contributed by atoms with E-state index in [0.29, 0.717) is 18.3 Å². The Morgan fingerprint density at radius 3 is 1.86 bits per heavy atom. The first-order valence-corrected chi connectivity index (χ1v) is 9.38. The lowest BCUT2D eigenvalue weighted by Crippen LogP contribution is -2.48. The van der Waals surface area contributed by atoms with Crippen molar-refractivity contribution in [1.82, 2.24) is 0 Å². The zero-order chi connectivity index (χ0) is 15.1. The Kier molecular flexibility index (Phi) is 6.57. The van der Waals surface area contributed by atoms with Gasteiger partial charge < -0.3 is 4.74 Å². The third-order valence-electron chi connectivity index (χ3n) is 5.90. The van der Waals surface area contributed by atoms with Crippen molar-refractivity contribution in [1.29, 1.82) is 0 Å². The minimum Gasteiger partial charge on any atom is -0.459 e. The van der Waals surface area contributed by atoms with Gasteiger partial charge in [0.15, 0.2) is 0 Å². The maximum absolute atomic E-state index is 12.3. The third-order valence-corrected chi connectivity index (χ3v) is 5.90. The molecule has 2 fully saturated rings. The second kappa shape index (κ2) is 8.19. The van der Waals surface area contributed by atoms with E-state index in [1.807, 2.05) is 0 Å². The monoisotopic (exact) mass is 294 g/mol. The van der Waals surface area contributed by atoms with Crippen molar-refractivity contribution in [3.63, 3.8) is 0 Å². The Labute approximate surface area is 131 Å². The van der Waals surface area contributed by atoms with Crippen LogP contribution in [-0.2, 0) is 9.53 Å². The van der Waals surface area contributed by atoms with E-state index in [1.54, 1.807) is 0 Å². The highest BCUT2D eigenvalue weighted by atomic mass is 16.6. The number of carbonyl (C=O) groups excluding carboxylic acids is 1. The van der Waals surface area contributed by atoms with Crippen LogP contribution < -0.4 is 0 Å². The van der Waals surface area contributed by atoms with Crippen molar-refractivity contribution >= 4 is 5.97 Å². The molecule has 0 aromatic carbocycles. The summed E-state index contributed by atoms with van der Waals surface area (Å²) in [5, 5.41) is 0. The summed E-state index contributed by atoms with van der Waals surface area (Å²) in [6.07, 6.45) is 15.7. The number of ether oxygens (including phenoxy) is 1. The van der Waals surface area contributed by atoms with Gasteiger partial charge in [0, 0.05) is 6.42 Å². The molecule has 0 bridgehead atoms. The first-order chi connectivity index (χ1) is 10.2. The zero-order valence-electron chi connectivity index (χ0n) is 14.2. The van der Waals surface area contributed by atoms with Gasteiger partial charge in [-0.2, -0.15) is 0 Å². The summed E-state index contributed by atoms with van der Waals surface area (Å²) in [6.45, 7) is 4.40. The third kappa shape index (κ3) is 4.47. The van der Waals surface area contributed by atoms with Crippen LogP contribution in [0, 0.1) is 11.8 Å². The molecule has 0 heterocycles. The van der Waals surface area contributed by atoms with Gasteiger partial charge in [-0.25, -0.2) is 0 Å². The minimum atomic E-state index is -0.189. The van der Waals surface area contributed by atoms with Crippen LogP contribution in [0.15, 0.2) is 0 Å². The molecule has 122 valence electrons. The molecular weight excluding hydrogens is 260 g/mol. The molecule has 0 aliphatic heterocycles. The van der Waals surface area contributed by atoms with E-state index in [-0.39, 0.29) is 11.6 Å². The predicted molar refractivity (Wildman–Crippen MR) is 87.2 cm³/mol. The number of unbranched alkanes of at least 4 members (excludes halogenated alkanes) is 1. The standard InChI is InChI=1S/C19H34O2/c1-3-4-15-18(20)21-19(2,16-11-7-5-8-12-16)17-13-9-6-10-14-17/h16-17H,3-15H2,1-2H3. The topological polar surface area (TPSA) is 26.3 Å². The Morgan fingerprint density at radius 2 is 1.43 bits per heavy atom. The quantitative estimate of drug-likeness (QED) is 0.593. The number of esters is 1. The lowest BCUT2D eigenvalue weighted by Gasteiger charge is -2.46. The minimum absolute atomic E-state index is 0.0514. The Balaban J connectivity index is 2.05. The molecule has 0 saturated heterocycles. The van der Waals surface area contributed by atoms with Crippen LogP contribution in [0.4, 0.5) is 0 Å². The first-order valence-electron chi connectivity index (χ1n) is 9.38. The molecule has 2 saturated carbocycles. The number of hydrogen-bond donors (Lipinski definition) is 0. The molecule has 2 aliphatic rings. The zero-order valence-corrected chi connectivity index (χ0v) is 14.2. The van der Waals surface area contributed by atoms with E-state index >= 15 is 0 Å². The second-order valence-electron chi connectivity index (χ2n) is 7.43. The largest absolute Gasteiger partial charge is 0.459 e. The summed E-state index contributed by atoms with van der Waals surface area (Å²) >= 11 is 0. The molecule has 21 heavy (non-hydrogen) atoms. The van der Waals surface area contributed by atoms with Crippen LogP contribution in [-0.4, -0.2) is 11.6 Å². The first kappa shape index (κ1) is 16.8. The highest BCUT2D eigenvalue weighted by Gasteiger charge is 2.44. The molecule has 2 nitrogen and oxygen atoms in total. The fraction of sp³-hybridized carbons (Fsp3) is 0.947. The van der Waals surface area contributed by atoms with Gasteiger partial charge in [0.2, 0.25) is 0 Å². The fourth-order valence-corrected chi connectivity index (χ4v) is 4.47. The van der Waals surface area contributed by atoms with Gasteiger partial charge in [0.1, 0.15) is 5.60 Å². The highest BCUT2D eigenvalue weighted by Crippen LogP contribution is 2.45. The van der Waals surface area contributed by atoms with Gasteiger partial charge in [-0.15, -0.1) is 0 Å². The van der Waals surface area contributed by atoms with Crippen molar-refractivity contribution in [3.05, 3.63) is 0 Å². The van der Waals surface area contributed by atoms with Crippen molar-refractivity contribution in [3.8, 4) is 0 Å². The lowest BCUT2D eigenvalue weighted by atomic mass is 9.67. The van der Waals surface area contributed by atoms with Gasteiger partial charge in [0.25, 0.3) is 0 Å². The van der Waals surface area contributed by atoms with E-state index < -0.39 is 0 Å². The van der Waals surface area contributed by atoms with Gasteiger partial charge in [-0.1, -0.05) is 51.9 Å². The molecule has 0 unspecified atom stereocenters. The van der Waals surface area contributed by atoms with Crippen LogP contribution in [0.25, 0.3) is 0 Å². The van der Waals surface area contributed by atoms with Gasteiger partial charge >= 0.3 is 5.97 Å². The van der Waals surface area contributed by atoms with E-state index in [1.165, 1.54) is 64.2 Å². The maximum atomic E-state index is 12.3. The van der Waals surface area contributed by atoms with E-state index in [9.17, 15) is 4.79 Å². The Hall–Kier alpha value is -0.530. The molecule has 0 N–H and O–H groups in total. The fourth-order valence-electron chi connectivity index (χ4n) is 4.47. The summed E-state index contributed by atoms with van der Waals surface area (Å²) in [4.78, 5) is 12.3. The molecule has 0 spiro atoms. The van der Waals surface area contributed by atoms with Crippen LogP contribution >= 0.6 is 0 Å². The second-order valence-corrected chi connectivity index (χ2v) is 7.43. The lowest BCUT2D eigenvalue weighted by molar-refractivity contribution is -0.176. The van der Waals surface area contributed by atoms with E-state index in [0.717, 1.165) is 12.8 Å². The molecule has 0 atom stereocenters. The molecule has 0 aromatic heterocycles. The molecular formula is C19H34O2. The average Bonchev–Trinajstić information content (AvgIpc) is 2.54. The average molecular weight is 294 g/mol. The summed E-state index contributed by atoms with van der Waals surface area (Å²) in [6, 6.07) is 0. The number of carbonyl (C=O) groups is 1. The van der Waals surface area contributed by atoms with Crippen LogP contribution in [0.5, 0.6) is 0 Å². The normalized spacial score (nSPS) is 22.2. The molecule has 2 rings (SSSR count). The van der Waals surface area contributed by atoms with Crippen molar-refractivity contribution < 1.29 is 9.53 Å². The van der Waals surface area contributed by atoms with E-state index in [4.69, 9.17) is 4.74 Å². The number of rotatable bonds is 6. The van der Waals surface area contributed by atoms with Gasteiger partial charge in [-0.05, 0) is 50.9 Å². The smallest absolute Gasteiger partial charge is 0.306 e. The number of hydrogen-bond acceptors (Lipinski definition) is 2. The summed E-state index contributed by atoms with van der Waals surface area (Å²) in [5.74, 6) is 1.25. The van der Waals surface area contributed by atoms with Crippen LogP contribution in [0.3, 0.4) is 0 Å². The Bertz CT molecular complexity index is 294. The molecule has 2 aliphatic carbocycles. The molecule has 0 aromatic rings. The maximum Gasteiger partial charge on any atom is 0.306 e. The predicted octanol–water partition coefficient (Wildman–Crippen LogP) is 5.64. The van der Waals surface area contributed by atoms with Crippen LogP contribution in [0.1, 0.15) is 97.3 Å². The van der Waals surface area contributed by atoms with E-state index in [2.05, 4.69) is 13.8 Å². The van der Waals surface area contributed by atoms with Gasteiger partial charge in [0.05, 0.1) is 0 Å². The van der Waals surface area contributed by atoms with Crippen molar-refractivity contribution in [2.75, 3.05) is 0 Å².